The van der Waals surface area contributed by atoms with Gasteiger partial charge < -0.3 is 14.8 Å². The maximum absolute atomic E-state index is 13.0. The molecule has 0 spiro atoms. The number of aromatic amines is 1. The van der Waals surface area contributed by atoms with Crippen molar-refractivity contribution < 1.29 is 4.79 Å². The van der Waals surface area contributed by atoms with Crippen LogP contribution < -0.4 is 10.5 Å². The SMILES string of the molecule is CCc1nnsc1C(=O)N1CCCC(c2cc3nc(N(C)C)ncc3c(=O)[nH]2)C1. The second-order valence-corrected chi connectivity index (χ2v) is 8.16. The number of nitrogens with one attached hydrogen (secondary N) is 1. The Morgan fingerprint density at radius 3 is 3.00 bits per heavy atom. The number of anilines is 1. The zero-order valence-electron chi connectivity index (χ0n) is 16.7. The normalized spacial score (nSPS) is 16.9. The van der Waals surface area contributed by atoms with Crippen LogP contribution in [0.25, 0.3) is 10.9 Å². The van der Waals surface area contributed by atoms with Gasteiger partial charge in [-0.25, -0.2) is 9.97 Å². The first kappa shape index (κ1) is 19.4. The molecule has 4 heterocycles. The van der Waals surface area contributed by atoms with Crippen molar-refractivity contribution in [2.24, 2.45) is 0 Å². The van der Waals surface area contributed by atoms with E-state index in [1.807, 2.05) is 32.0 Å². The first-order valence-corrected chi connectivity index (χ1v) is 10.4. The molecule has 0 bridgehead atoms. The molecule has 3 aromatic heterocycles. The van der Waals surface area contributed by atoms with Gasteiger partial charge in [0.1, 0.15) is 4.88 Å². The highest BCUT2D eigenvalue weighted by molar-refractivity contribution is 7.08. The van der Waals surface area contributed by atoms with Gasteiger partial charge in [-0.3, -0.25) is 9.59 Å². The lowest BCUT2D eigenvalue weighted by atomic mass is 9.93. The summed E-state index contributed by atoms with van der Waals surface area (Å²) in [6.07, 6.45) is 4.01. The number of amides is 1. The molecule has 29 heavy (non-hydrogen) atoms. The number of aromatic nitrogens is 5. The molecule has 4 rings (SSSR count). The Balaban J connectivity index is 1.63. The number of hydrogen-bond donors (Lipinski definition) is 1. The van der Waals surface area contributed by atoms with Crippen LogP contribution in [0.3, 0.4) is 0 Å². The average Bonchev–Trinajstić information content (AvgIpc) is 3.21. The maximum Gasteiger partial charge on any atom is 0.267 e. The molecule has 0 aliphatic carbocycles. The Labute approximate surface area is 172 Å². The Hall–Kier alpha value is -2.88. The molecule has 1 N–H and O–H groups in total. The van der Waals surface area contributed by atoms with Gasteiger partial charge in [0.2, 0.25) is 5.95 Å². The summed E-state index contributed by atoms with van der Waals surface area (Å²) in [7, 11) is 3.72. The number of likely N-dealkylation sites (tertiary alicyclic amines) is 1. The number of hydrogen-bond acceptors (Lipinski definition) is 8. The van der Waals surface area contributed by atoms with E-state index in [9.17, 15) is 9.59 Å². The van der Waals surface area contributed by atoms with Gasteiger partial charge in [-0.05, 0) is 36.9 Å². The van der Waals surface area contributed by atoms with Crippen molar-refractivity contribution in [2.45, 2.75) is 32.1 Å². The number of rotatable bonds is 4. The number of piperidine rings is 1. The smallest absolute Gasteiger partial charge is 0.267 e. The highest BCUT2D eigenvalue weighted by Gasteiger charge is 2.29. The quantitative estimate of drug-likeness (QED) is 0.695. The van der Waals surface area contributed by atoms with Crippen LogP contribution in [0.5, 0.6) is 0 Å². The molecule has 1 saturated heterocycles. The van der Waals surface area contributed by atoms with Gasteiger partial charge in [0, 0.05) is 45.0 Å². The van der Waals surface area contributed by atoms with E-state index in [4.69, 9.17) is 0 Å². The first-order valence-electron chi connectivity index (χ1n) is 9.65. The zero-order chi connectivity index (χ0) is 20.5. The summed E-state index contributed by atoms with van der Waals surface area (Å²) in [4.78, 5) is 41.5. The topological polar surface area (TPSA) is 108 Å². The molecule has 1 fully saturated rings. The second kappa shape index (κ2) is 7.86. The lowest BCUT2D eigenvalue weighted by Gasteiger charge is -2.32. The summed E-state index contributed by atoms with van der Waals surface area (Å²) < 4.78 is 3.93. The van der Waals surface area contributed by atoms with Crippen molar-refractivity contribution in [3.8, 4) is 0 Å². The van der Waals surface area contributed by atoms with E-state index in [0.29, 0.717) is 41.2 Å². The van der Waals surface area contributed by atoms with Gasteiger partial charge in [-0.1, -0.05) is 11.4 Å². The number of aryl methyl sites for hydroxylation is 1. The van der Waals surface area contributed by atoms with Gasteiger partial charge in [-0.15, -0.1) is 5.10 Å². The van der Waals surface area contributed by atoms with Crippen LogP contribution in [-0.4, -0.2) is 62.5 Å². The second-order valence-electron chi connectivity index (χ2n) is 7.41. The summed E-state index contributed by atoms with van der Waals surface area (Å²) in [5.74, 6) is 0.578. The summed E-state index contributed by atoms with van der Waals surface area (Å²) >= 11 is 1.15. The summed E-state index contributed by atoms with van der Waals surface area (Å²) in [6.45, 7) is 3.21. The van der Waals surface area contributed by atoms with Gasteiger partial charge in [0.25, 0.3) is 11.5 Å². The van der Waals surface area contributed by atoms with Crippen LogP contribution in [0.1, 0.15) is 46.7 Å². The number of carbonyl (C=O) groups excluding carboxylic acids is 1. The first-order chi connectivity index (χ1) is 14.0. The van der Waals surface area contributed by atoms with Gasteiger partial charge in [0.15, 0.2) is 0 Å². The fourth-order valence-electron chi connectivity index (χ4n) is 3.65. The van der Waals surface area contributed by atoms with E-state index >= 15 is 0 Å². The van der Waals surface area contributed by atoms with E-state index in [2.05, 4.69) is 24.5 Å². The Bertz CT molecular complexity index is 1110. The molecule has 1 aliphatic heterocycles. The molecule has 1 amide bonds. The van der Waals surface area contributed by atoms with Crippen molar-refractivity contribution in [3.05, 3.63) is 38.9 Å². The summed E-state index contributed by atoms with van der Waals surface area (Å²) in [5.41, 5.74) is 1.97. The summed E-state index contributed by atoms with van der Waals surface area (Å²) in [6, 6.07) is 1.91. The molecule has 1 aliphatic rings. The minimum Gasteiger partial charge on any atom is -0.347 e. The minimum absolute atomic E-state index is 0.0260. The third kappa shape index (κ3) is 3.71. The van der Waals surface area contributed by atoms with Crippen LogP contribution in [0.15, 0.2) is 17.1 Å². The lowest BCUT2D eigenvalue weighted by molar-refractivity contribution is 0.0709. The third-order valence-electron chi connectivity index (χ3n) is 5.23. The number of fused-ring (bicyclic) bond motifs is 1. The van der Waals surface area contributed by atoms with Crippen LogP contribution >= 0.6 is 11.5 Å². The van der Waals surface area contributed by atoms with Crippen LogP contribution in [-0.2, 0) is 6.42 Å². The number of carbonyl (C=O) groups is 1. The van der Waals surface area contributed by atoms with Crippen molar-refractivity contribution in [2.75, 3.05) is 32.1 Å². The molecular weight excluding hydrogens is 390 g/mol. The number of H-pyrrole nitrogens is 1. The van der Waals surface area contributed by atoms with Crippen LogP contribution in [0, 0.1) is 0 Å². The Kier molecular flexibility index (Phi) is 5.27. The molecule has 152 valence electrons. The molecule has 1 atom stereocenters. The van der Waals surface area contributed by atoms with Crippen LogP contribution in [0.2, 0.25) is 0 Å². The van der Waals surface area contributed by atoms with Gasteiger partial charge >= 0.3 is 0 Å². The summed E-state index contributed by atoms with van der Waals surface area (Å²) in [5, 5.41) is 4.52. The number of nitrogens with zero attached hydrogens (tertiary/aromatic N) is 6. The lowest BCUT2D eigenvalue weighted by Crippen LogP contribution is -2.39. The van der Waals surface area contributed by atoms with Crippen molar-refractivity contribution in [1.29, 1.82) is 0 Å². The standard InChI is InChI=1S/C19H23N7O2S/c1-4-13-16(29-24-23-13)18(28)26-7-5-6-11(10-26)14-8-15-12(17(27)21-14)9-20-19(22-15)25(2)3/h8-9,11H,4-7,10H2,1-3H3,(H,21,27). The Morgan fingerprint density at radius 2 is 2.24 bits per heavy atom. The molecular formula is C19H23N7O2S. The monoisotopic (exact) mass is 413 g/mol. The zero-order valence-corrected chi connectivity index (χ0v) is 17.5. The van der Waals surface area contributed by atoms with E-state index < -0.39 is 0 Å². The van der Waals surface area contributed by atoms with Gasteiger partial charge in [0.05, 0.1) is 16.6 Å². The maximum atomic E-state index is 13.0. The highest BCUT2D eigenvalue weighted by Crippen LogP contribution is 2.28. The van der Waals surface area contributed by atoms with Crippen molar-refractivity contribution >= 4 is 34.3 Å². The fraction of sp³-hybridized carbons (Fsp3) is 0.474. The van der Waals surface area contributed by atoms with Crippen LogP contribution in [0.4, 0.5) is 5.95 Å². The predicted octanol–water partition coefficient (Wildman–Crippen LogP) is 1.82. The van der Waals surface area contributed by atoms with E-state index in [-0.39, 0.29) is 17.4 Å². The van der Waals surface area contributed by atoms with E-state index in [0.717, 1.165) is 35.8 Å². The minimum atomic E-state index is -0.203. The third-order valence-corrected chi connectivity index (χ3v) is 5.99. The van der Waals surface area contributed by atoms with Crippen molar-refractivity contribution in [1.82, 2.24) is 29.4 Å². The fourth-order valence-corrected chi connectivity index (χ4v) is 4.37. The molecule has 3 aromatic rings. The molecule has 10 heteroatoms. The predicted molar refractivity (Wildman–Crippen MR) is 112 cm³/mol. The van der Waals surface area contributed by atoms with Crippen molar-refractivity contribution in [3.63, 3.8) is 0 Å². The van der Waals surface area contributed by atoms with E-state index in [1.165, 1.54) is 0 Å². The number of pyridine rings is 1. The largest absolute Gasteiger partial charge is 0.347 e. The highest BCUT2D eigenvalue weighted by atomic mass is 32.1. The Morgan fingerprint density at radius 1 is 1.41 bits per heavy atom. The molecule has 0 saturated carbocycles. The average molecular weight is 414 g/mol. The molecule has 0 aromatic carbocycles. The molecule has 1 unspecified atom stereocenters. The van der Waals surface area contributed by atoms with Gasteiger partial charge in [-0.2, -0.15) is 0 Å². The van der Waals surface area contributed by atoms with E-state index in [1.54, 1.807) is 11.1 Å². The molecule has 9 nitrogen and oxygen atoms in total. The molecule has 0 radical (unpaired) electrons.